The molecule has 0 saturated carbocycles. The minimum absolute atomic E-state index is 0.157. The monoisotopic (exact) mass is 371 g/mol. The van der Waals surface area contributed by atoms with E-state index < -0.39 is 6.10 Å². The van der Waals surface area contributed by atoms with Crippen LogP contribution in [0.3, 0.4) is 0 Å². The van der Waals surface area contributed by atoms with E-state index in [2.05, 4.69) is 5.32 Å². The van der Waals surface area contributed by atoms with E-state index >= 15 is 0 Å². The fourth-order valence-electron chi connectivity index (χ4n) is 2.86. The van der Waals surface area contributed by atoms with Gasteiger partial charge in [0.2, 0.25) is 0 Å². The van der Waals surface area contributed by atoms with E-state index in [-0.39, 0.29) is 11.9 Å². The quantitative estimate of drug-likeness (QED) is 0.807. The molecule has 144 valence electrons. The first-order chi connectivity index (χ1) is 13.1. The maximum absolute atomic E-state index is 12.7. The third-order valence-electron chi connectivity index (χ3n) is 4.43. The van der Waals surface area contributed by atoms with Crippen LogP contribution in [0.15, 0.2) is 42.5 Å². The van der Waals surface area contributed by atoms with Crippen molar-refractivity contribution in [2.24, 2.45) is 0 Å². The number of fused-ring (bicyclic) bond motifs is 1. The Bertz CT molecular complexity index is 775. The van der Waals surface area contributed by atoms with E-state index in [1.807, 2.05) is 32.0 Å². The van der Waals surface area contributed by atoms with Crippen LogP contribution in [0.1, 0.15) is 31.9 Å². The summed E-state index contributed by atoms with van der Waals surface area (Å²) in [7, 11) is 1.61. The molecule has 2 aromatic rings. The smallest absolute Gasteiger partial charge is 0.261 e. The van der Waals surface area contributed by atoms with Crippen LogP contribution in [-0.4, -0.2) is 32.3 Å². The third kappa shape index (κ3) is 4.64. The number of methoxy groups -OCH3 is 1. The van der Waals surface area contributed by atoms with Gasteiger partial charge in [-0.05, 0) is 55.3 Å². The van der Waals surface area contributed by atoms with Gasteiger partial charge in [0.05, 0.1) is 13.2 Å². The fraction of sp³-hybridized carbons (Fsp3) is 0.381. The number of ether oxygens (including phenoxy) is 4. The lowest BCUT2D eigenvalue weighted by Gasteiger charge is -2.23. The summed E-state index contributed by atoms with van der Waals surface area (Å²) in [4.78, 5) is 12.7. The Morgan fingerprint density at radius 3 is 2.41 bits per heavy atom. The van der Waals surface area contributed by atoms with E-state index in [1.54, 1.807) is 31.4 Å². The molecule has 1 aliphatic heterocycles. The number of carbonyl (C=O) groups is 1. The predicted octanol–water partition coefficient (Wildman–Crippen LogP) is 3.50. The van der Waals surface area contributed by atoms with E-state index in [0.717, 1.165) is 17.1 Å². The van der Waals surface area contributed by atoms with Gasteiger partial charge in [-0.25, -0.2) is 0 Å². The zero-order valence-corrected chi connectivity index (χ0v) is 15.9. The number of benzene rings is 2. The molecule has 0 radical (unpaired) electrons. The van der Waals surface area contributed by atoms with E-state index in [4.69, 9.17) is 18.9 Å². The summed E-state index contributed by atoms with van der Waals surface area (Å²) >= 11 is 0. The zero-order chi connectivity index (χ0) is 19.2. The van der Waals surface area contributed by atoms with Gasteiger partial charge in [-0.1, -0.05) is 13.0 Å². The summed E-state index contributed by atoms with van der Waals surface area (Å²) in [6.07, 6.45) is -0.0100. The third-order valence-corrected chi connectivity index (χ3v) is 4.43. The standard InChI is InChI=1S/C21H25NO5/c1-4-18(27-17-8-6-16(24-3)7-9-17)21(23)22-14(2)15-5-10-19-20(13-15)26-12-11-25-19/h5-10,13-14,18H,4,11-12H2,1-3H3,(H,22,23)/t14-,18-/m0/s1. The molecule has 0 aliphatic carbocycles. The van der Waals surface area contributed by atoms with Gasteiger partial charge in [0.25, 0.3) is 5.91 Å². The van der Waals surface area contributed by atoms with Crippen molar-refractivity contribution in [3.05, 3.63) is 48.0 Å². The molecule has 3 rings (SSSR count). The fourth-order valence-corrected chi connectivity index (χ4v) is 2.86. The van der Waals surface area contributed by atoms with Crippen LogP contribution in [0, 0.1) is 0 Å². The molecule has 1 N–H and O–H groups in total. The Balaban J connectivity index is 1.63. The number of amides is 1. The molecule has 0 spiro atoms. The van der Waals surface area contributed by atoms with Gasteiger partial charge in [0.15, 0.2) is 17.6 Å². The van der Waals surface area contributed by atoms with Gasteiger partial charge < -0.3 is 24.3 Å². The Hall–Kier alpha value is -2.89. The van der Waals surface area contributed by atoms with Crippen LogP contribution in [0.5, 0.6) is 23.0 Å². The minimum atomic E-state index is -0.571. The molecule has 1 amide bonds. The van der Waals surface area contributed by atoms with Gasteiger partial charge in [-0.15, -0.1) is 0 Å². The van der Waals surface area contributed by atoms with Crippen molar-refractivity contribution in [3.8, 4) is 23.0 Å². The maximum atomic E-state index is 12.7. The predicted molar refractivity (Wildman–Crippen MR) is 102 cm³/mol. The lowest BCUT2D eigenvalue weighted by Crippen LogP contribution is -2.39. The van der Waals surface area contributed by atoms with Crippen molar-refractivity contribution in [1.29, 1.82) is 0 Å². The Kier molecular flexibility index (Phi) is 6.06. The molecule has 0 bridgehead atoms. The van der Waals surface area contributed by atoms with Gasteiger partial charge in [-0.3, -0.25) is 4.79 Å². The number of nitrogens with one attached hydrogen (secondary N) is 1. The topological polar surface area (TPSA) is 66.0 Å². The van der Waals surface area contributed by atoms with Crippen molar-refractivity contribution in [3.63, 3.8) is 0 Å². The van der Waals surface area contributed by atoms with Crippen molar-refractivity contribution < 1.29 is 23.7 Å². The van der Waals surface area contributed by atoms with Crippen molar-refractivity contribution >= 4 is 5.91 Å². The first kappa shape index (κ1) is 18.9. The summed E-state index contributed by atoms with van der Waals surface area (Å²) in [6.45, 7) is 4.94. The Labute approximate surface area is 159 Å². The van der Waals surface area contributed by atoms with Crippen LogP contribution in [-0.2, 0) is 4.79 Å². The largest absolute Gasteiger partial charge is 0.497 e. The van der Waals surface area contributed by atoms with Crippen molar-refractivity contribution in [1.82, 2.24) is 5.32 Å². The van der Waals surface area contributed by atoms with Gasteiger partial charge >= 0.3 is 0 Å². The second-order valence-corrected chi connectivity index (χ2v) is 6.32. The summed E-state index contributed by atoms with van der Waals surface area (Å²) in [6, 6.07) is 12.7. The van der Waals surface area contributed by atoms with Gasteiger partial charge in [-0.2, -0.15) is 0 Å². The van der Waals surface area contributed by atoms with Crippen molar-refractivity contribution in [2.45, 2.75) is 32.4 Å². The minimum Gasteiger partial charge on any atom is -0.497 e. The second kappa shape index (κ2) is 8.66. The lowest BCUT2D eigenvalue weighted by molar-refractivity contribution is -0.128. The highest BCUT2D eigenvalue weighted by Gasteiger charge is 2.22. The average molecular weight is 371 g/mol. The highest BCUT2D eigenvalue weighted by atomic mass is 16.6. The van der Waals surface area contributed by atoms with E-state index in [0.29, 0.717) is 31.1 Å². The van der Waals surface area contributed by atoms with Gasteiger partial charge in [0.1, 0.15) is 24.7 Å². The summed E-state index contributed by atoms with van der Waals surface area (Å²) < 4.78 is 22.1. The first-order valence-electron chi connectivity index (χ1n) is 9.11. The van der Waals surface area contributed by atoms with E-state index in [1.165, 1.54) is 0 Å². The molecule has 6 nitrogen and oxygen atoms in total. The molecule has 0 unspecified atom stereocenters. The van der Waals surface area contributed by atoms with Crippen LogP contribution in [0.25, 0.3) is 0 Å². The molecule has 1 aliphatic rings. The van der Waals surface area contributed by atoms with Crippen LogP contribution in [0.2, 0.25) is 0 Å². The molecule has 2 atom stereocenters. The molecule has 0 aromatic heterocycles. The van der Waals surface area contributed by atoms with Crippen LogP contribution in [0.4, 0.5) is 0 Å². The molecule has 0 saturated heterocycles. The van der Waals surface area contributed by atoms with Crippen LogP contribution < -0.4 is 24.3 Å². The molecule has 27 heavy (non-hydrogen) atoms. The molecular weight excluding hydrogens is 346 g/mol. The summed E-state index contributed by atoms with van der Waals surface area (Å²) in [5.74, 6) is 2.66. The average Bonchev–Trinajstić information content (AvgIpc) is 2.71. The lowest BCUT2D eigenvalue weighted by atomic mass is 10.1. The Morgan fingerprint density at radius 1 is 1.07 bits per heavy atom. The van der Waals surface area contributed by atoms with Crippen LogP contribution >= 0.6 is 0 Å². The number of hydrogen-bond acceptors (Lipinski definition) is 5. The number of rotatable bonds is 7. The van der Waals surface area contributed by atoms with Gasteiger partial charge in [0, 0.05) is 0 Å². The first-order valence-corrected chi connectivity index (χ1v) is 9.11. The summed E-state index contributed by atoms with van der Waals surface area (Å²) in [5, 5.41) is 3.01. The van der Waals surface area contributed by atoms with E-state index in [9.17, 15) is 4.79 Å². The summed E-state index contributed by atoms with van der Waals surface area (Å²) in [5.41, 5.74) is 0.951. The zero-order valence-electron chi connectivity index (χ0n) is 15.9. The molecular formula is C21H25NO5. The van der Waals surface area contributed by atoms with Crippen molar-refractivity contribution in [2.75, 3.05) is 20.3 Å². The molecule has 1 heterocycles. The number of hydrogen-bond donors (Lipinski definition) is 1. The molecule has 6 heteroatoms. The SMILES string of the molecule is CC[C@H](Oc1ccc(OC)cc1)C(=O)N[C@@H](C)c1ccc2c(c1)OCCO2. The highest BCUT2D eigenvalue weighted by Crippen LogP contribution is 2.32. The molecule has 2 aromatic carbocycles. The maximum Gasteiger partial charge on any atom is 0.261 e. The second-order valence-electron chi connectivity index (χ2n) is 6.32. The molecule has 0 fully saturated rings. The number of carbonyl (C=O) groups excluding carboxylic acids is 1. The highest BCUT2D eigenvalue weighted by molar-refractivity contribution is 5.81. The normalized spacial score (nSPS) is 14.8. The Morgan fingerprint density at radius 2 is 1.74 bits per heavy atom.